The van der Waals surface area contributed by atoms with Crippen LogP contribution in [0.15, 0.2) is 78.9 Å². The summed E-state index contributed by atoms with van der Waals surface area (Å²) in [4.78, 5) is 29.3. The van der Waals surface area contributed by atoms with Crippen LogP contribution in [0.4, 0.5) is 5.69 Å². The van der Waals surface area contributed by atoms with Crippen LogP contribution in [0.3, 0.4) is 0 Å². The molecule has 0 fully saturated rings. The lowest BCUT2D eigenvalue weighted by Gasteiger charge is -2.34. The highest BCUT2D eigenvalue weighted by Gasteiger charge is 2.35. The van der Waals surface area contributed by atoms with E-state index < -0.39 is 11.6 Å². The predicted molar refractivity (Wildman–Crippen MR) is 140 cm³/mol. The number of hydrogen-bond acceptors (Lipinski definition) is 5. The molecule has 0 radical (unpaired) electrons. The summed E-state index contributed by atoms with van der Waals surface area (Å²) in [5.74, 6) is 0.105. The Morgan fingerprint density at radius 1 is 1.00 bits per heavy atom. The van der Waals surface area contributed by atoms with Crippen molar-refractivity contribution >= 4 is 28.5 Å². The third-order valence-corrected chi connectivity index (χ3v) is 6.29. The van der Waals surface area contributed by atoms with E-state index in [9.17, 15) is 9.59 Å². The van der Waals surface area contributed by atoms with Crippen LogP contribution in [0.1, 0.15) is 38.8 Å². The van der Waals surface area contributed by atoms with E-state index in [1.165, 1.54) is 0 Å². The van der Waals surface area contributed by atoms with Crippen LogP contribution in [-0.2, 0) is 16.1 Å². The van der Waals surface area contributed by atoms with Crippen molar-refractivity contribution in [2.75, 3.05) is 12.0 Å². The summed E-state index contributed by atoms with van der Waals surface area (Å²) in [7, 11) is 1.59. The molecule has 0 aliphatic carbocycles. The molecule has 4 rings (SSSR count). The van der Waals surface area contributed by atoms with Gasteiger partial charge >= 0.3 is 0 Å². The molecular weight excluding hydrogens is 454 g/mol. The van der Waals surface area contributed by atoms with Gasteiger partial charge in [0.15, 0.2) is 0 Å². The molecule has 1 atom stereocenters. The number of fused-ring (bicyclic) bond motifs is 1. The average Bonchev–Trinajstić information content (AvgIpc) is 3.30. The van der Waals surface area contributed by atoms with Gasteiger partial charge in [-0.15, -0.1) is 5.10 Å². The van der Waals surface area contributed by atoms with Crippen molar-refractivity contribution < 1.29 is 14.3 Å². The van der Waals surface area contributed by atoms with E-state index in [2.05, 4.69) is 15.6 Å². The molecule has 8 heteroatoms. The summed E-state index contributed by atoms with van der Waals surface area (Å²) in [6.45, 7) is 5.86. The summed E-state index contributed by atoms with van der Waals surface area (Å²) >= 11 is 0. The van der Waals surface area contributed by atoms with Gasteiger partial charge in [-0.05, 0) is 62.2 Å². The molecule has 3 aromatic carbocycles. The fourth-order valence-corrected chi connectivity index (χ4v) is 3.96. The summed E-state index contributed by atoms with van der Waals surface area (Å²) in [5, 5.41) is 11.5. The van der Waals surface area contributed by atoms with Gasteiger partial charge in [-0.25, -0.2) is 4.68 Å². The maximum Gasteiger partial charge on any atom is 0.249 e. The number of anilines is 1. The van der Waals surface area contributed by atoms with Gasteiger partial charge in [0.1, 0.15) is 23.9 Å². The zero-order chi connectivity index (χ0) is 25.7. The lowest BCUT2D eigenvalue weighted by Crippen LogP contribution is -2.51. The van der Waals surface area contributed by atoms with Crippen molar-refractivity contribution in [1.82, 2.24) is 20.3 Å². The molecule has 2 amide bonds. The highest BCUT2D eigenvalue weighted by Crippen LogP contribution is 2.30. The zero-order valence-corrected chi connectivity index (χ0v) is 21.0. The molecule has 4 aromatic rings. The number of nitrogens with zero attached hydrogens (tertiary/aromatic N) is 4. The van der Waals surface area contributed by atoms with E-state index in [4.69, 9.17) is 4.74 Å². The lowest BCUT2D eigenvalue weighted by molar-refractivity contribution is -0.128. The van der Waals surface area contributed by atoms with Crippen molar-refractivity contribution in [3.8, 4) is 5.75 Å². The molecule has 0 saturated carbocycles. The largest absolute Gasteiger partial charge is 0.497 e. The smallest absolute Gasteiger partial charge is 0.249 e. The Hall–Kier alpha value is -4.20. The fraction of sp³-hybridized carbons (Fsp3) is 0.286. The number of methoxy groups -OCH3 is 1. The molecule has 36 heavy (non-hydrogen) atoms. The van der Waals surface area contributed by atoms with Crippen LogP contribution < -0.4 is 15.0 Å². The van der Waals surface area contributed by atoms with Gasteiger partial charge in [-0.3, -0.25) is 14.5 Å². The third kappa shape index (κ3) is 5.38. The molecule has 0 spiro atoms. The van der Waals surface area contributed by atoms with Crippen LogP contribution in [0.25, 0.3) is 11.0 Å². The van der Waals surface area contributed by atoms with Gasteiger partial charge in [0.25, 0.3) is 0 Å². The topological polar surface area (TPSA) is 89.4 Å². The van der Waals surface area contributed by atoms with Crippen LogP contribution in [0.2, 0.25) is 0 Å². The number of amides is 2. The Balaban J connectivity index is 1.79. The van der Waals surface area contributed by atoms with Gasteiger partial charge in [-0.1, -0.05) is 54.6 Å². The molecule has 8 nitrogen and oxygen atoms in total. The van der Waals surface area contributed by atoms with Gasteiger partial charge in [0.05, 0.1) is 12.6 Å². The molecule has 1 heterocycles. The van der Waals surface area contributed by atoms with Gasteiger partial charge in [0, 0.05) is 11.2 Å². The molecule has 0 saturated heterocycles. The Bertz CT molecular complexity index is 1330. The Morgan fingerprint density at radius 2 is 1.67 bits per heavy atom. The first-order valence-corrected chi connectivity index (χ1v) is 11.9. The highest BCUT2D eigenvalue weighted by molar-refractivity contribution is 6.01. The van der Waals surface area contributed by atoms with Gasteiger partial charge in [-0.2, -0.15) is 0 Å². The van der Waals surface area contributed by atoms with E-state index in [0.29, 0.717) is 22.5 Å². The zero-order valence-electron chi connectivity index (χ0n) is 21.0. The van der Waals surface area contributed by atoms with Crippen molar-refractivity contribution in [2.45, 2.75) is 45.3 Å². The molecular formula is C28H31N5O3. The standard InChI is InChI=1S/C28H31N5O3/c1-5-28(2,3)29-27(35)26(20-15-17-22(36-4)18-16-20)33(21-11-7-6-8-12-21)25(34)19-32-24-14-10-9-13-23(24)30-31-32/h6-18,26H,5,19H2,1-4H3,(H,29,35)/t26-/m1/s1. The number of aromatic nitrogens is 3. The molecule has 1 N–H and O–H groups in total. The number of rotatable bonds is 9. The number of ether oxygens (including phenoxy) is 1. The van der Waals surface area contributed by atoms with E-state index in [0.717, 1.165) is 11.9 Å². The summed E-state index contributed by atoms with van der Waals surface area (Å²) in [5.41, 5.74) is 2.27. The number of nitrogens with one attached hydrogen (secondary N) is 1. The number of benzene rings is 3. The van der Waals surface area contributed by atoms with E-state index in [1.54, 1.807) is 28.8 Å². The molecule has 0 aliphatic rings. The average molecular weight is 486 g/mol. The Morgan fingerprint density at radius 3 is 2.33 bits per heavy atom. The first-order chi connectivity index (χ1) is 17.3. The number of para-hydroxylation sites is 2. The second-order valence-corrected chi connectivity index (χ2v) is 9.24. The van der Waals surface area contributed by atoms with Crippen LogP contribution in [-0.4, -0.2) is 39.5 Å². The van der Waals surface area contributed by atoms with Gasteiger partial charge < -0.3 is 10.1 Å². The quantitative estimate of drug-likeness (QED) is 0.377. The number of carbonyl (C=O) groups is 2. The minimum absolute atomic E-state index is 0.0769. The van der Waals surface area contributed by atoms with Crippen molar-refractivity contribution in [1.29, 1.82) is 0 Å². The van der Waals surface area contributed by atoms with Crippen LogP contribution in [0, 0.1) is 0 Å². The first kappa shape index (κ1) is 24.9. The summed E-state index contributed by atoms with van der Waals surface area (Å²) < 4.78 is 6.87. The minimum atomic E-state index is -0.911. The van der Waals surface area contributed by atoms with Crippen LogP contribution in [0.5, 0.6) is 5.75 Å². The minimum Gasteiger partial charge on any atom is -0.497 e. The summed E-state index contributed by atoms with van der Waals surface area (Å²) in [6, 6.07) is 23.0. The van der Waals surface area contributed by atoms with Crippen molar-refractivity contribution in [3.63, 3.8) is 0 Å². The van der Waals surface area contributed by atoms with Crippen molar-refractivity contribution in [3.05, 3.63) is 84.4 Å². The van der Waals surface area contributed by atoms with E-state index in [1.807, 2.05) is 87.5 Å². The van der Waals surface area contributed by atoms with Crippen LogP contribution >= 0.6 is 0 Å². The molecule has 0 bridgehead atoms. The highest BCUT2D eigenvalue weighted by atomic mass is 16.5. The maximum absolute atomic E-state index is 14.0. The molecule has 0 aliphatic heterocycles. The predicted octanol–water partition coefficient (Wildman–Crippen LogP) is 4.52. The second-order valence-electron chi connectivity index (χ2n) is 9.24. The Labute approximate surface area is 210 Å². The second kappa shape index (κ2) is 10.6. The fourth-order valence-electron chi connectivity index (χ4n) is 3.96. The normalized spacial score (nSPS) is 12.2. The lowest BCUT2D eigenvalue weighted by atomic mass is 9.98. The van der Waals surface area contributed by atoms with E-state index in [-0.39, 0.29) is 18.4 Å². The van der Waals surface area contributed by atoms with Gasteiger partial charge in [0.2, 0.25) is 11.8 Å². The number of hydrogen-bond donors (Lipinski definition) is 1. The molecule has 186 valence electrons. The summed E-state index contributed by atoms with van der Waals surface area (Å²) in [6.07, 6.45) is 0.734. The third-order valence-electron chi connectivity index (χ3n) is 6.29. The molecule has 0 unspecified atom stereocenters. The molecule has 1 aromatic heterocycles. The number of carbonyl (C=O) groups excluding carboxylic acids is 2. The monoisotopic (exact) mass is 485 g/mol. The van der Waals surface area contributed by atoms with E-state index >= 15 is 0 Å². The van der Waals surface area contributed by atoms with Crippen molar-refractivity contribution in [2.24, 2.45) is 0 Å². The SMILES string of the molecule is CCC(C)(C)NC(=O)[C@@H](c1ccc(OC)cc1)N(C(=O)Cn1nnc2ccccc21)c1ccccc1. The Kier molecular flexibility index (Phi) is 7.33. The maximum atomic E-state index is 14.0. The first-order valence-electron chi connectivity index (χ1n) is 11.9.